The first-order valence-electron chi connectivity index (χ1n) is 10.8. The molecule has 0 unspecified atom stereocenters. The first-order valence-corrected chi connectivity index (χ1v) is 13.4. The number of benzene rings is 2. The van der Waals surface area contributed by atoms with Gasteiger partial charge in [-0.25, -0.2) is 17.8 Å². The number of halogens is 1. The van der Waals surface area contributed by atoms with E-state index in [1.165, 1.54) is 29.0 Å². The fraction of sp³-hybridized carbons (Fsp3) is 0.375. The van der Waals surface area contributed by atoms with Crippen LogP contribution in [0, 0.1) is 12.7 Å². The van der Waals surface area contributed by atoms with Crippen molar-refractivity contribution in [1.29, 1.82) is 0 Å². The molecule has 0 spiro atoms. The minimum atomic E-state index is -3.81. The highest BCUT2D eigenvalue weighted by molar-refractivity contribution is 7.90. The van der Waals surface area contributed by atoms with Crippen molar-refractivity contribution >= 4 is 26.9 Å². The van der Waals surface area contributed by atoms with Gasteiger partial charge in [0.1, 0.15) is 10.7 Å². The van der Waals surface area contributed by atoms with Crippen molar-refractivity contribution in [2.45, 2.75) is 43.5 Å². The Labute approximate surface area is 193 Å². The second-order valence-electron chi connectivity index (χ2n) is 8.26. The molecule has 8 heteroatoms. The van der Waals surface area contributed by atoms with E-state index < -0.39 is 15.7 Å². The summed E-state index contributed by atoms with van der Waals surface area (Å²) < 4.78 is 40.7. The van der Waals surface area contributed by atoms with Gasteiger partial charge in [-0.2, -0.15) is 0 Å². The van der Waals surface area contributed by atoms with Gasteiger partial charge in [0.15, 0.2) is 9.84 Å². The molecule has 3 aromatic rings. The van der Waals surface area contributed by atoms with Crippen LogP contribution in [0.4, 0.5) is 10.1 Å². The lowest BCUT2D eigenvalue weighted by Crippen LogP contribution is -2.38. The molecule has 0 amide bonds. The van der Waals surface area contributed by atoms with Crippen LogP contribution >= 0.6 is 11.3 Å². The van der Waals surface area contributed by atoms with Gasteiger partial charge < -0.3 is 4.90 Å². The highest BCUT2D eigenvalue weighted by Crippen LogP contribution is 2.31. The molecule has 32 heavy (non-hydrogen) atoms. The van der Waals surface area contributed by atoms with Crippen LogP contribution in [0.2, 0.25) is 0 Å². The molecule has 0 aliphatic carbocycles. The van der Waals surface area contributed by atoms with Crippen LogP contribution in [-0.2, 0) is 22.1 Å². The molecular weight excluding hydrogens is 445 g/mol. The van der Waals surface area contributed by atoms with Gasteiger partial charge >= 0.3 is 0 Å². The number of thiazole rings is 1. The second-order valence-corrected chi connectivity index (χ2v) is 10.9. The molecule has 0 bridgehead atoms. The lowest BCUT2D eigenvalue weighted by Gasteiger charge is -2.32. The number of aromatic nitrogens is 1. The highest BCUT2D eigenvalue weighted by atomic mass is 32.2. The minimum absolute atomic E-state index is 0.250. The molecule has 1 aliphatic heterocycles. The van der Waals surface area contributed by atoms with E-state index in [4.69, 9.17) is 0 Å². The minimum Gasteiger partial charge on any atom is -0.367 e. The van der Waals surface area contributed by atoms with Crippen LogP contribution in [0.3, 0.4) is 0 Å². The fourth-order valence-electron chi connectivity index (χ4n) is 4.45. The second kappa shape index (κ2) is 9.68. The zero-order chi connectivity index (χ0) is 22.7. The average Bonchev–Trinajstić information content (AvgIpc) is 3.43. The van der Waals surface area contributed by atoms with Crippen molar-refractivity contribution in [3.63, 3.8) is 0 Å². The molecule has 4 rings (SSSR count). The van der Waals surface area contributed by atoms with E-state index in [-0.39, 0.29) is 16.7 Å². The van der Waals surface area contributed by atoms with Gasteiger partial charge in [0, 0.05) is 43.3 Å². The van der Waals surface area contributed by atoms with E-state index in [0.29, 0.717) is 5.69 Å². The number of likely N-dealkylation sites (N-methyl/N-ethyl adjacent to an activating group) is 1. The molecule has 2 heterocycles. The Morgan fingerprint density at radius 1 is 1.25 bits per heavy atom. The van der Waals surface area contributed by atoms with Gasteiger partial charge in [0.25, 0.3) is 0 Å². The largest absolute Gasteiger partial charge is 0.367 e. The molecular formula is C24H28FN3O2S2. The number of nitrogens with zero attached hydrogens (tertiary/aromatic N) is 3. The van der Waals surface area contributed by atoms with Gasteiger partial charge in [0.2, 0.25) is 0 Å². The van der Waals surface area contributed by atoms with Crippen molar-refractivity contribution in [3.8, 4) is 0 Å². The molecule has 1 aromatic heterocycles. The maximum absolute atomic E-state index is 15.1. The summed E-state index contributed by atoms with van der Waals surface area (Å²) in [5.74, 6) is -0.987. The highest BCUT2D eigenvalue weighted by Gasteiger charge is 2.30. The van der Waals surface area contributed by atoms with Crippen molar-refractivity contribution in [2.24, 2.45) is 0 Å². The molecule has 1 aliphatic rings. The summed E-state index contributed by atoms with van der Waals surface area (Å²) in [6.07, 6.45) is 0.992. The molecule has 5 nitrogen and oxygen atoms in total. The third-order valence-corrected chi connectivity index (χ3v) is 8.29. The van der Waals surface area contributed by atoms with Crippen LogP contribution < -0.4 is 4.90 Å². The molecule has 1 atom stereocenters. The Bertz CT molecular complexity index is 1150. The summed E-state index contributed by atoms with van der Waals surface area (Å²) in [7, 11) is -3.81. The zero-order valence-electron chi connectivity index (χ0n) is 18.4. The Morgan fingerprint density at radius 2 is 2.03 bits per heavy atom. The number of likely N-dealkylation sites (tertiary alicyclic amines) is 1. The third kappa shape index (κ3) is 5.03. The van der Waals surface area contributed by atoms with Crippen LogP contribution in [-0.4, -0.2) is 44.0 Å². The quantitative estimate of drug-likeness (QED) is 0.476. The lowest BCUT2D eigenvalue weighted by molar-refractivity contribution is 0.325. The first-order chi connectivity index (χ1) is 15.4. The number of aryl methyl sites for hydroxylation is 1. The normalized spacial score (nSPS) is 17.0. The summed E-state index contributed by atoms with van der Waals surface area (Å²) in [5, 5.41) is 1.68. The molecule has 1 fully saturated rings. The number of hydrogen-bond donors (Lipinski definition) is 0. The van der Waals surface area contributed by atoms with Gasteiger partial charge in [-0.15, -0.1) is 11.3 Å². The van der Waals surface area contributed by atoms with Crippen molar-refractivity contribution in [2.75, 3.05) is 24.5 Å². The van der Waals surface area contributed by atoms with E-state index >= 15 is 4.39 Å². The number of sulfone groups is 1. The summed E-state index contributed by atoms with van der Waals surface area (Å²) in [4.78, 5) is 8.41. The smallest absolute Gasteiger partial charge is 0.187 e. The van der Waals surface area contributed by atoms with E-state index in [1.807, 2.05) is 13.0 Å². The summed E-state index contributed by atoms with van der Waals surface area (Å²) in [6.45, 7) is 7.43. The predicted octanol–water partition coefficient (Wildman–Crippen LogP) is 4.67. The van der Waals surface area contributed by atoms with Crippen LogP contribution in [0.15, 0.2) is 58.3 Å². The van der Waals surface area contributed by atoms with Gasteiger partial charge in [-0.1, -0.05) is 30.3 Å². The number of anilines is 1. The Hall–Kier alpha value is -2.29. The van der Waals surface area contributed by atoms with E-state index in [1.54, 1.807) is 10.9 Å². The third-order valence-electron chi connectivity index (χ3n) is 5.99. The van der Waals surface area contributed by atoms with Crippen molar-refractivity contribution in [1.82, 2.24) is 9.88 Å². The van der Waals surface area contributed by atoms with E-state index in [2.05, 4.69) is 46.0 Å². The van der Waals surface area contributed by atoms with Crippen LogP contribution in [0.5, 0.6) is 0 Å². The molecule has 0 radical (unpaired) electrons. The first kappa shape index (κ1) is 22.9. The van der Waals surface area contributed by atoms with E-state index in [9.17, 15) is 8.42 Å². The fourth-order valence-corrected chi connectivity index (χ4v) is 6.53. The van der Waals surface area contributed by atoms with E-state index in [0.717, 1.165) is 43.9 Å². The maximum Gasteiger partial charge on any atom is 0.187 e. The Kier molecular flexibility index (Phi) is 6.93. The summed E-state index contributed by atoms with van der Waals surface area (Å²) >= 11 is 1.33. The zero-order valence-corrected chi connectivity index (χ0v) is 20.0. The topological polar surface area (TPSA) is 53.5 Å². The van der Waals surface area contributed by atoms with Crippen molar-refractivity contribution < 1.29 is 12.8 Å². The number of rotatable bonds is 8. The van der Waals surface area contributed by atoms with Crippen LogP contribution in [0.25, 0.3) is 0 Å². The molecule has 2 aromatic carbocycles. The summed E-state index contributed by atoms with van der Waals surface area (Å²) in [6, 6.07) is 13.5. The summed E-state index contributed by atoms with van der Waals surface area (Å²) in [5.41, 5.74) is 4.84. The van der Waals surface area contributed by atoms with Crippen molar-refractivity contribution in [3.05, 3.63) is 76.0 Å². The van der Waals surface area contributed by atoms with Gasteiger partial charge in [-0.05, 0) is 43.5 Å². The van der Waals surface area contributed by atoms with Gasteiger partial charge in [-0.3, -0.25) is 4.90 Å². The molecule has 1 saturated heterocycles. The Balaban J connectivity index is 1.52. The van der Waals surface area contributed by atoms with Gasteiger partial charge in [0.05, 0.1) is 17.0 Å². The standard InChI is InChI=1S/C24H28FN3O2S2/c1-3-28(21-9-10-27(14-21)13-19-7-5-4-6-8-19)23-12-22(25)24(11-18(23)2)32(29,30)16-20-15-31-17-26-20/h4-8,11-12,15,17,21H,3,9-10,13-14,16H2,1-2H3/t21-/m0/s1. The molecule has 0 saturated carbocycles. The predicted molar refractivity (Wildman–Crippen MR) is 127 cm³/mol. The maximum atomic E-state index is 15.1. The monoisotopic (exact) mass is 473 g/mol. The molecule has 170 valence electrons. The Morgan fingerprint density at radius 3 is 2.72 bits per heavy atom. The molecule has 0 N–H and O–H groups in total. The lowest BCUT2D eigenvalue weighted by atomic mass is 10.1. The number of hydrogen-bond acceptors (Lipinski definition) is 6. The SMILES string of the molecule is CCN(c1cc(F)c(S(=O)(=O)Cc2cscn2)cc1C)[C@H]1CCN(Cc2ccccc2)C1. The average molecular weight is 474 g/mol. The van der Waals surface area contributed by atoms with Crippen LogP contribution in [0.1, 0.15) is 30.2 Å².